The second-order valence-corrected chi connectivity index (χ2v) is 7.58. The summed E-state index contributed by atoms with van der Waals surface area (Å²) >= 11 is 0. The number of aryl methyl sites for hydroxylation is 1. The highest BCUT2D eigenvalue weighted by atomic mass is 32.2. The summed E-state index contributed by atoms with van der Waals surface area (Å²) < 4.78 is 31.1. The van der Waals surface area contributed by atoms with Crippen LogP contribution < -0.4 is 10.0 Å². The van der Waals surface area contributed by atoms with Crippen LogP contribution >= 0.6 is 0 Å². The maximum Gasteiger partial charge on any atom is 0.311 e. The summed E-state index contributed by atoms with van der Waals surface area (Å²) in [4.78, 5) is 23.3. The summed E-state index contributed by atoms with van der Waals surface area (Å²) in [5, 5.41) is 11.5. The third-order valence-electron chi connectivity index (χ3n) is 3.48. The Morgan fingerprint density at radius 1 is 1.15 bits per heavy atom. The number of nitrogens with one attached hydrogen (secondary N) is 2. The Kier molecular flexibility index (Phi) is 6.04. The number of anilines is 2. The number of hydrogen-bond acceptors (Lipinski definition) is 5. The van der Waals surface area contributed by atoms with Gasteiger partial charge in [0.05, 0.1) is 17.6 Å². The van der Waals surface area contributed by atoms with Gasteiger partial charge in [-0.1, -0.05) is 6.92 Å². The predicted octanol–water partition coefficient (Wildman–Crippen LogP) is 2.62. The molecule has 0 spiro atoms. The van der Waals surface area contributed by atoms with E-state index in [9.17, 15) is 18.0 Å². The Hall–Kier alpha value is -2.81. The van der Waals surface area contributed by atoms with E-state index in [0.717, 1.165) is 0 Å². The van der Waals surface area contributed by atoms with Gasteiger partial charge in [-0.25, -0.2) is 8.42 Å². The van der Waals surface area contributed by atoms with Gasteiger partial charge in [-0.3, -0.25) is 14.3 Å². The van der Waals surface area contributed by atoms with Crippen molar-refractivity contribution in [3.63, 3.8) is 0 Å². The molecule has 1 aromatic heterocycles. The number of hydrogen-bond donors (Lipinski definition) is 3. The highest BCUT2D eigenvalue weighted by Gasteiger charge is 2.20. The van der Waals surface area contributed by atoms with Crippen molar-refractivity contribution < 1.29 is 27.5 Å². The van der Waals surface area contributed by atoms with Crippen molar-refractivity contribution in [2.75, 3.05) is 15.8 Å². The summed E-state index contributed by atoms with van der Waals surface area (Å²) in [7, 11) is -3.38. The van der Waals surface area contributed by atoms with E-state index in [-0.39, 0.29) is 17.1 Å². The van der Waals surface area contributed by atoms with Crippen molar-refractivity contribution in [3.05, 3.63) is 47.4 Å². The lowest BCUT2D eigenvalue weighted by molar-refractivity contribution is -0.136. The van der Waals surface area contributed by atoms with Crippen molar-refractivity contribution in [2.24, 2.45) is 0 Å². The number of sulfonamides is 1. The van der Waals surface area contributed by atoms with Crippen LogP contribution in [0.5, 0.6) is 0 Å². The van der Waals surface area contributed by atoms with E-state index in [1.165, 1.54) is 18.4 Å². The lowest BCUT2D eigenvalue weighted by Gasteiger charge is -2.09. The van der Waals surface area contributed by atoms with Gasteiger partial charge in [0.25, 0.3) is 5.91 Å². The van der Waals surface area contributed by atoms with Gasteiger partial charge in [0.15, 0.2) is 0 Å². The van der Waals surface area contributed by atoms with Crippen molar-refractivity contribution in [1.82, 2.24) is 0 Å². The molecule has 0 aliphatic carbocycles. The molecule has 3 N–H and O–H groups in total. The molecule has 0 aliphatic heterocycles. The Bertz CT molecular complexity index is 900. The fourth-order valence-electron chi connectivity index (χ4n) is 2.38. The summed E-state index contributed by atoms with van der Waals surface area (Å²) in [6.07, 6.45) is 1.44. The van der Waals surface area contributed by atoms with Crippen molar-refractivity contribution in [2.45, 2.75) is 26.7 Å². The van der Waals surface area contributed by atoms with Gasteiger partial charge in [0.2, 0.25) is 10.0 Å². The van der Waals surface area contributed by atoms with E-state index in [1.807, 2.05) is 0 Å². The Morgan fingerprint density at radius 2 is 1.77 bits per heavy atom. The number of amides is 1. The van der Waals surface area contributed by atoms with Gasteiger partial charge < -0.3 is 14.8 Å². The van der Waals surface area contributed by atoms with E-state index in [0.29, 0.717) is 23.4 Å². The molecule has 0 saturated heterocycles. The third-order valence-corrected chi connectivity index (χ3v) is 4.97. The van der Waals surface area contributed by atoms with E-state index in [4.69, 9.17) is 9.52 Å². The average Bonchev–Trinajstić information content (AvgIpc) is 2.88. The minimum absolute atomic E-state index is 0.0254. The van der Waals surface area contributed by atoms with Crippen LogP contribution in [0, 0.1) is 6.92 Å². The average molecular weight is 380 g/mol. The van der Waals surface area contributed by atoms with Crippen molar-refractivity contribution in [3.8, 4) is 0 Å². The topological polar surface area (TPSA) is 126 Å². The van der Waals surface area contributed by atoms with Crippen LogP contribution in [0.25, 0.3) is 0 Å². The first kappa shape index (κ1) is 19.5. The molecule has 8 nitrogen and oxygen atoms in total. The molecule has 0 unspecified atom stereocenters. The number of carbonyl (C=O) groups is 2. The van der Waals surface area contributed by atoms with Gasteiger partial charge >= 0.3 is 5.97 Å². The van der Waals surface area contributed by atoms with Crippen LogP contribution in [-0.2, 0) is 21.2 Å². The Morgan fingerprint density at radius 3 is 2.35 bits per heavy atom. The van der Waals surface area contributed by atoms with Crippen LogP contribution in [0.4, 0.5) is 11.4 Å². The Labute approximate surface area is 151 Å². The number of furan rings is 1. The zero-order valence-electron chi connectivity index (χ0n) is 14.4. The van der Waals surface area contributed by atoms with Crippen LogP contribution in [-0.4, -0.2) is 31.2 Å². The molecular weight excluding hydrogens is 360 g/mol. The standard InChI is InChI=1S/C17H20N2O6S/c1-3-8-26(23,24)19-13-6-4-12(5-7-13)18-17(22)16-11(2)10-25-14(16)9-15(20)21/h4-7,10,19H,3,8-9H2,1-2H3,(H,18,22)(H,20,21). The lowest BCUT2D eigenvalue weighted by Crippen LogP contribution is -2.17. The minimum atomic E-state index is -3.38. The molecule has 1 heterocycles. The van der Waals surface area contributed by atoms with E-state index >= 15 is 0 Å². The first-order chi connectivity index (χ1) is 12.2. The molecule has 1 aromatic carbocycles. The summed E-state index contributed by atoms with van der Waals surface area (Å²) in [6.45, 7) is 3.42. The zero-order valence-corrected chi connectivity index (χ0v) is 15.2. The van der Waals surface area contributed by atoms with Gasteiger partial charge in [0, 0.05) is 16.9 Å². The molecule has 9 heteroatoms. The fourth-order valence-corrected chi connectivity index (χ4v) is 3.52. The van der Waals surface area contributed by atoms with E-state index in [1.54, 1.807) is 26.0 Å². The van der Waals surface area contributed by atoms with Gasteiger partial charge in [-0.2, -0.15) is 0 Å². The third kappa shape index (κ3) is 5.09. The number of carboxylic acid groups (broad SMARTS) is 1. The monoisotopic (exact) mass is 380 g/mol. The zero-order chi connectivity index (χ0) is 19.3. The summed E-state index contributed by atoms with van der Waals surface area (Å²) in [5.74, 6) is -1.49. The quantitative estimate of drug-likeness (QED) is 0.646. The first-order valence-electron chi connectivity index (χ1n) is 7.92. The van der Waals surface area contributed by atoms with Crippen LogP contribution in [0.1, 0.15) is 35.0 Å². The smallest absolute Gasteiger partial charge is 0.311 e. The van der Waals surface area contributed by atoms with Crippen molar-refractivity contribution in [1.29, 1.82) is 0 Å². The van der Waals surface area contributed by atoms with Crippen molar-refractivity contribution >= 4 is 33.3 Å². The molecule has 0 radical (unpaired) electrons. The molecular formula is C17H20N2O6S. The maximum atomic E-state index is 12.4. The van der Waals surface area contributed by atoms with Gasteiger partial charge in [-0.15, -0.1) is 0 Å². The number of carbonyl (C=O) groups excluding carboxylic acids is 1. The van der Waals surface area contributed by atoms with E-state index in [2.05, 4.69) is 10.0 Å². The van der Waals surface area contributed by atoms with Gasteiger partial charge in [0.1, 0.15) is 12.2 Å². The molecule has 0 saturated carbocycles. The lowest BCUT2D eigenvalue weighted by atomic mass is 10.1. The fraction of sp³-hybridized carbons (Fsp3) is 0.294. The maximum absolute atomic E-state index is 12.4. The Balaban J connectivity index is 2.11. The van der Waals surface area contributed by atoms with Gasteiger partial charge in [-0.05, 0) is 37.6 Å². The number of benzene rings is 1. The number of carboxylic acids is 1. The molecule has 1 amide bonds. The SMILES string of the molecule is CCCS(=O)(=O)Nc1ccc(NC(=O)c2c(C)coc2CC(=O)O)cc1. The molecule has 2 aromatic rings. The molecule has 0 atom stereocenters. The molecule has 0 bridgehead atoms. The molecule has 2 rings (SSSR count). The minimum Gasteiger partial charge on any atom is -0.481 e. The summed E-state index contributed by atoms with van der Waals surface area (Å²) in [5.41, 5.74) is 1.54. The first-order valence-corrected chi connectivity index (χ1v) is 9.57. The highest BCUT2D eigenvalue weighted by molar-refractivity contribution is 7.92. The van der Waals surface area contributed by atoms with Crippen LogP contribution in [0.2, 0.25) is 0 Å². The number of aliphatic carboxylic acids is 1. The molecule has 0 aliphatic rings. The largest absolute Gasteiger partial charge is 0.481 e. The second-order valence-electron chi connectivity index (χ2n) is 5.74. The molecule has 140 valence electrons. The normalized spacial score (nSPS) is 11.2. The van der Waals surface area contributed by atoms with Crippen LogP contribution in [0.3, 0.4) is 0 Å². The molecule has 0 fully saturated rings. The summed E-state index contributed by atoms with van der Waals surface area (Å²) in [6, 6.07) is 6.16. The molecule has 26 heavy (non-hydrogen) atoms. The van der Waals surface area contributed by atoms with E-state index < -0.39 is 28.3 Å². The highest BCUT2D eigenvalue weighted by Crippen LogP contribution is 2.21. The predicted molar refractivity (Wildman–Crippen MR) is 96.9 cm³/mol. The number of rotatable bonds is 8. The second kappa shape index (κ2) is 8.05. The van der Waals surface area contributed by atoms with Crippen LogP contribution in [0.15, 0.2) is 34.9 Å².